The lowest BCUT2D eigenvalue weighted by atomic mass is 10.1. The second-order valence-corrected chi connectivity index (χ2v) is 5.28. The van der Waals surface area contributed by atoms with Crippen molar-refractivity contribution in [2.75, 3.05) is 20.8 Å². The molecule has 0 saturated heterocycles. The lowest BCUT2D eigenvalue weighted by molar-refractivity contribution is -0.127. The molecule has 0 aromatic heterocycles. The van der Waals surface area contributed by atoms with Gasteiger partial charge >= 0.3 is 0 Å². The molecule has 2 rings (SSSR count). The summed E-state index contributed by atoms with van der Waals surface area (Å²) in [5.41, 5.74) is 0.888. The second kappa shape index (κ2) is 8.93. The van der Waals surface area contributed by atoms with Gasteiger partial charge in [-0.05, 0) is 25.1 Å². The van der Waals surface area contributed by atoms with Crippen molar-refractivity contribution in [2.45, 2.75) is 19.1 Å². The van der Waals surface area contributed by atoms with Gasteiger partial charge in [-0.25, -0.2) is 0 Å². The van der Waals surface area contributed by atoms with E-state index in [4.69, 9.17) is 14.2 Å². The molecule has 0 spiro atoms. The molecule has 0 unspecified atom stereocenters. The van der Waals surface area contributed by atoms with Crippen LogP contribution in [0.3, 0.4) is 0 Å². The van der Waals surface area contributed by atoms with Crippen LogP contribution >= 0.6 is 0 Å². The fourth-order valence-corrected chi connectivity index (χ4v) is 2.35. The number of carbonyl (C=O) groups is 1. The zero-order valence-electron chi connectivity index (χ0n) is 14.2. The Labute approximate surface area is 142 Å². The number of benzene rings is 2. The molecule has 24 heavy (non-hydrogen) atoms. The number of nitrogens with one attached hydrogen (secondary N) is 1. The number of rotatable bonds is 8. The van der Waals surface area contributed by atoms with E-state index in [1.807, 2.05) is 54.6 Å². The van der Waals surface area contributed by atoms with Crippen LogP contribution in [0.25, 0.3) is 0 Å². The number of hydrogen-bond donors (Lipinski definition) is 1. The summed E-state index contributed by atoms with van der Waals surface area (Å²) in [5.74, 6) is 1.19. The van der Waals surface area contributed by atoms with Crippen LogP contribution in [0.4, 0.5) is 0 Å². The van der Waals surface area contributed by atoms with Crippen molar-refractivity contribution < 1.29 is 19.0 Å². The highest BCUT2D eigenvalue weighted by Gasteiger charge is 2.19. The number of methoxy groups -OCH3 is 2. The van der Waals surface area contributed by atoms with Crippen LogP contribution in [0.15, 0.2) is 54.6 Å². The molecular formula is C19H23NO4. The van der Waals surface area contributed by atoms with E-state index < -0.39 is 6.10 Å². The predicted octanol–water partition coefficient (Wildman–Crippen LogP) is 2.97. The quantitative estimate of drug-likeness (QED) is 0.809. The monoisotopic (exact) mass is 329 g/mol. The Hall–Kier alpha value is -2.53. The maximum absolute atomic E-state index is 12.2. The first kappa shape index (κ1) is 17.8. The molecule has 0 saturated carbocycles. The van der Waals surface area contributed by atoms with Crippen LogP contribution in [0.1, 0.15) is 18.6 Å². The SMILES string of the molecule is COc1ccccc1[C@H](CNC(=O)[C@H](C)Oc1ccccc1)OC. The Morgan fingerprint density at radius 3 is 2.38 bits per heavy atom. The third-order valence-electron chi connectivity index (χ3n) is 3.66. The molecule has 0 aliphatic rings. The fraction of sp³-hybridized carbons (Fsp3) is 0.316. The van der Waals surface area contributed by atoms with Crippen LogP contribution in [0.2, 0.25) is 0 Å². The Morgan fingerprint density at radius 2 is 1.71 bits per heavy atom. The van der Waals surface area contributed by atoms with E-state index >= 15 is 0 Å². The molecule has 1 amide bonds. The lowest BCUT2D eigenvalue weighted by Crippen LogP contribution is -2.38. The Morgan fingerprint density at radius 1 is 1.04 bits per heavy atom. The van der Waals surface area contributed by atoms with Gasteiger partial charge in [0.05, 0.1) is 7.11 Å². The van der Waals surface area contributed by atoms with Crippen molar-refractivity contribution in [1.29, 1.82) is 0 Å². The Bertz CT molecular complexity index is 645. The first-order valence-electron chi connectivity index (χ1n) is 7.80. The maximum atomic E-state index is 12.2. The zero-order valence-corrected chi connectivity index (χ0v) is 14.2. The number of ether oxygens (including phenoxy) is 3. The average molecular weight is 329 g/mol. The smallest absolute Gasteiger partial charge is 0.260 e. The number of carbonyl (C=O) groups excluding carboxylic acids is 1. The first-order chi connectivity index (χ1) is 11.7. The summed E-state index contributed by atoms with van der Waals surface area (Å²) in [4.78, 5) is 12.2. The van der Waals surface area contributed by atoms with E-state index in [0.29, 0.717) is 12.3 Å². The van der Waals surface area contributed by atoms with Gasteiger partial charge in [0.2, 0.25) is 0 Å². The van der Waals surface area contributed by atoms with Gasteiger partial charge in [-0.2, -0.15) is 0 Å². The van der Waals surface area contributed by atoms with Gasteiger partial charge in [0.15, 0.2) is 6.10 Å². The van der Waals surface area contributed by atoms with Crippen molar-refractivity contribution >= 4 is 5.91 Å². The number of hydrogen-bond acceptors (Lipinski definition) is 4. The third kappa shape index (κ3) is 4.73. The topological polar surface area (TPSA) is 56.8 Å². The maximum Gasteiger partial charge on any atom is 0.260 e. The van der Waals surface area contributed by atoms with Crippen LogP contribution in [0.5, 0.6) is 11.5 Å². The molecule has 0 fully saturated rings. The van der Waals surface area contributed by atoms with Crippen LogP contribution in [-0.4, -0.2) is 32.8 Å². The highest BCUT2D eigenvalue weighted by molar-refractivity contribution is 5.80. The van der Waals surface area contributed by atoms with Gasteiger partial charge in [0, 0.05) is 19.2 Å². The van der Waals surface area contributed by atoms with E-state index in [9.17, 15) is 4.79 Å². The van der Waals surface area contributed by atoms with Crippen molar-refractivity contribution in [3.8, 4) is 11.5 Å². The summed E-state index contributed by atoms with van der Waals surface area (Å²) in [5, 5.41) is 2.86. The summed E-state index contributed by atoms with van der Waals surface area (Å²) < 4.78 is 16.5. The van der Waals surface area contributed by atoms with Crippen LogP contribution < -0.4 is 14.8 Å². The predicted molar refractivity (Wildman–Crippen MR) is 92.3 cm³/mol. The van der Waals surface area contributed by atoms with E-state index in [1.54, 1.807) is 21.1 Å². The van der Waals surface area contributed by atoms with Gasteiger partial charge in [-0.3, -0.25) is 4.79 Å². The van der Waals surface area contributed by atoms with E-state index in [0.717, 1.165) is 11.3 Å². The van der Waals surface area contributed by atoms with Gasteiger partial charge in [0.25, 0.3) is 5.91 Å². The van der Waals surface area contributed by atoms with Crippen molar-refractivity contribution in [2.24, 2.45) is 0 Å². The van der Waals surface area contributed by atoms with Gasteiger partial charge in [-0.1, -0.05) is 36.4 Å². The molecular weight excluding hydrogens is 306 g/mol. The Balaban J connectivity index is 1.93. The molecule has 2 aromatic rings. The molecule has 128 valence electrons. The molecule has 0 aliphatic carbocycles. The average Bonchev–Trinajstić information content (AvgIpc) is 2.63. The minimum atomic E-state index is -0.595. The summed E-state index contributed by atoms with van der Waals surface area (Å²) in [6.45, 7) is 2.05. The summed E-state index contributed by atoms with van der Waals surface area (Å²) >= 11 is 0. The van der Waals surface area contributed by atoms with E-state index in [2.05, 4.69) is 5.32 Å². The molecule has 0 aliphatic heterocycles. The normalized spacial score (nSPS) is 13.0. The van der Waals surface area contributed by atoms with E-state index in [1.165, 1.54) is 0 Å². The molecule has 2 atom stereocenters. The molecule has 0 radical (unpaired) electrons. The molecule has 0 bridgehead atoms. The Kier molecular flexibility index (Phi) is 6.63. The highest BCUT2D eigenvalue weighted by Crippen LogP contribution is 2.26. The van der Waals surface area contributed by atoms with Crippen LogP contribution in [0, 0.1) is 0 Å². The van der Waals surface area contributed by atoms with Crippen molar-refractivity contribution in [3.63, 3.8) is 0 Å². The molecule has 5 nitrogen and oxygen atoms in total. The van der Waals surface area contributed by atoms with Gasteiger partial charge < -0.3 is 19.5 Å². The number of amides is 1. The third-order valence-corrected chi connectivity index (χ3v) is 3.66. The summed E-state index contributed by atoms with van der Waals surface area (Å²) in [7, 11) is 3.22. The summed E-state index contributed by atoms with van der Waals surface area (Å²) in [6, 6.07) is 16.8. The van der Waals surface area contributed by atoms with Gasteiger partial charge in [0.1, 0.15) is 17.6 Å². The number of para-hydroxylation sites is 2. The molecule has 1 N–H and O–H groups in total. The molecule has 2 aromatic carbocycles. The standard InChI is InChI=1S/C19H23NO4/c1-14(24-15-9-5-4-6-10-15)19(21)20-13-18(23-3)16-11-7-8-12-17(16)22-2/h4-12,14,18H,13H2,1-3H3,(H,20,21)/t14-,18-/m0/s1. The molecule has 5 heteroatoms. The summed E-state index contributed by atoms with van der Waals surface area (Å²) in [6.07, 6.45) is -0.892. The second-order valence-electron chi connectivity index (χ2n) is 5.28. The zero-order chi connectivity index (χ0) is 17.4. The first-order valence-corrected chi connectivity index (χ1v) is 7.80. The fourth-order valence-electron chi connectivity index (χ4n) is 2.35. The highest BCUT2D eigenvalue weighted by atomic mass is 16.5. The largest absolute Gasteiger partial charge is 0.496 e. The van der Waals surface area contributed by atoms with E-state index in [-0.39, 0.29) is 12.0 Å². The van der Waals surface area contributed by atoms with Crippen molar-refractivity contribution in [1.82, 2.24) is 5.32 Å². The van der Waals surface area contributed by atoms with Gasteiger partial charge in [-0.15, -0.1) is 0 Å². The lowest BCUT2D eigenvalue weighted by Gasteiger charge is -2.20. The minimum Gasteiger partial charge on any atom is -0.496 e. The minimum absolute atomic E-state index is 0.198. The van der Waals surface area contributed by atoms with Crippen molar-refractivity contribution in [3.05, 3.63) is 60.2 Å². The molecule has 0 heterocycles. The van der Waals surface area contributed by atoms with Crippen LogP contribution in [-0.2, 0) is 9.53 Å².